The lowest BCUT2D eigenvalue weighted by Gasteiger charge is -2.27. The number of methoxy groups -OCH3 is 1. The third kappa shape index (κ3) is 8.35. The van der Waals surface area contributed by atoms with Crippen LogP contribution in [0.3, 0.4) is 0 Å². The molecule has 2 amide bonds. The maximum atomic E-state index is 12.7. The van der Waals surface area contributed by atoms with E-state index >= 15 is 0 Å². The number of halogens is 2. The standard InChI is InChI=1S/C22H24Br2N2O6S/c1-31-18(5-3-4-6-19(27)26-30)21(16-11-13(23)12-17(24)20(16)28)32-22(29)25-14-7-9-15(33-2)10-8-14/h4,6-12,18,21,28,30H,3,5H2,1-2H3,(H,25,29)(H,26,27)/b6-4+/t18-,21-/m1/s1. The van der Waals surface area contributed by atoms with E-state index in [4.69, 9.17) is 14.7 Å². The fourth-order valence-electron chi connectivity index (χ4n) is 2.96. The van der Waals surface area contributed by atoms with Crippen molar-refractivity contribution in [2.45, 2.75) is 29.9 Å². The monoisotopic (exact) mass is 602 g/mol. The maximum absolute atomic E-state index is 12.7. The second-order valence-corrected chi connectivity index (χ2v) is 9.38. The Morgan fingerprint density at radius 2 is 1.91 bits per heavy atom. The zero-order valence-corrected chi connectivity index (χ0v) is 21.9. The van der Waals surface area contributed by atoms with Gasteiger partial charge in [0, 0.05) is 33.8 Å². The summed E-state index contributed by atoms with van der Waals surface area (Å²) in [6.45, 7) is 0. The van der Waals surface area contributed by atoms with Crippen LogP contribution in [0.4, 0.5) is 10.5 Å². The van der Waals surface area contributed by atoms with Crippen LogP contribution in [0.2, 0.25) is 0 Å². The van der Waals surface area contributed by atoms with Crippen molar-refractivity contribution < 1.29 is 29.4 Å². The van der Waals surface area contributed by atoms with Crippen LogP contribution >= 0.6 is 43.6 Å². The topological polar surface area (TPSA) is 117 Å². The van der Waals surface area contributed by atoms with E-state index in [1.807, 2.05) is 18.4 Å². The average Bonchev–Trinajstić information content (AvgIpc) is 2.80. The predicted octanol–water partition coefficient (Wildman–Crippen LogP) is 5.79. The van der Waals surface area contributed by atoms with E-state index in [0.29, 0.717) is 33.0 Å². The van der Waals surface area contributed by atoms with Crippen molar-refractivity contribution in [3.8, 4) is 5.75 Å². The SMILES string of the molecule is CO[C@H](CC/C=C/C(=O)NO)[C@H](OC(=O)Nc1ccc(SC)cc1)c1cc(Br)cc(Br)c1O. The van der Waals surface area contributed by atoms with Gasteiger partial charge in [0.25, 0.3) is 5.91 Å². The van der Waals surface area contributed by atoms with Gasteiger partial charge < -0.3 is 14.6 Å². The first-order valence-corrected chi connectivity index (χ1v) is 12.5. The van der Waals surface area contributed by atoms with Gasteiger partial charge in [0.05, 0.1) is 10.6 Å². The van der Waals surface area contributed by atoms with Gasteiger partial charge in [-0.2, -0.15) is 0 Å². The summed E-state index contributed by atoms with van der Waals surface area (Å²) in [6, 6.07) is 10.6. The van der Waals surface area contributed by atoms with Gasteiger partial charge in [0.2, 0.25) is 0 Å². The van der Waals surface area contributed by atoms with E-state index in [1.54, 1.807) is 42.1 Å². The van der Waals surface area contributed by atoms with Gasteiger partial charge in [-0.3, -0.25) is 15.3 Å². The molecule has 0 radical (unpaired) electrons. The molecule has 33 heavy (non-hydrogen) atoms. The van der Waals surface area contributed by atoms with Gasteiger partial charge in [-0.05, 0) is 71.4 Å². The summed E-state index contributed by atoms with van der Waals surface area (Å²) in [5.41, 5.74) is 2.41. The quantitative estimate of drug-likeness (QED) is 0.118. The largest absolute Gasteiger partial charge is 0.506 e. The van der Waals surface area contributed by atoms with Crippen molar-refractivity contribution in [2.75, 3.05) is 18.7 Å². The Bertz CT molecular complexity index is 988. The molecular formula is C22H24Br2N2O6S. The summed E-state index contributed by atoms with van der Waals surface area (Å²) in [5.74, 6) is -0.741. The number of aromatic hydroxyl groups is 1. The normalized spacial score (nSPS) is 12.9. The minimum absolute atomic E-state index is 0.0856. The number of carbonyl (C=O) groups is 2. The highest BCUT2D eigenvalue weighted by atomic mass is 79.9. The zero-order valence-electron chi connectivity index (χ0n) is 17.9. The number of hydroxylamine groups is 1. The number of hydrogen-bond acceptors (Lipinski definition) is 7. The Morgan fingerprint density at radius 1 is 1.21 bits per heavy atom. The van der Waals surface area contributed by atoms with Crippen LogP contribution in [-0.2, 0) is 14.3 Å². The van der Waals surface area contributed by atoms with Crippen LogP contribution in [0.5, 0.6) is 5.75 Å². The molecule has 0 aromatic heterocycles. The molecule has 2 atom stereocenters. The number of carbonyl (C=O) groups excluding carboxylic acids is 2. The molecule has 0 fully saturated rings. The van der Waals surface area contributed by atoms with Gasteiger partial charge in [-0.1, -0.05) is 22.0 Å². The smallest absolute Gasteiger partial charge is 0.412 e. The molecule has 0 spiro atoms. The van der Waals surface area contributed by atoms with Crippen LogP contribution in [0.1, 0.15) is 24.5 Å². The summed E-state index contributed by atoms with van der Waals surface area (Å²) in [4.78, 5) is 24.9. The Kier molecular flexibility index (Phi) is 11.2. The molecule has 0 aliphatic carbocycles. The number of phenols is 1. The summed E-state index contributed by atoms with van der Waals surface area (Å²) >= 11 is 8.27. The number of amides is 2. The number of anilines is 1. The zero-order chi connectivity index (χ0) is 24.4. The summed E-state index contributed by atoms with van der Waals surface area (Å²) < 4.78 is 12.4. The lowest BCUT2D eigenvalue weighted by atomic mass is 9.99. The number of benzene rings is 2. The van der Waals surface area contributed by atoms with Crippen molar-refractivity contribution in [2.24, 2.45) is 0 Å². The number of thioether (sulfide) groups is 1. The Labute approximate surface area is 212 Å². The van der Waals surface area contributed by atoms with E-state index in [2.05, 4.69) is 37.2 Å². The van der Waals surface area contributed by atoms with E-state index < -0.39 is 24.2 Å². The third-order valence-electron chi connectivity index (χ3n) is 4.57. The third-order valence-corrected chi connectivity index (χ3v) is 6.38. The van der Waals surface area contributed by atoms with Crippen molar-refractivity contribution >= 4 is 61.3 Å². The van der Waals surface area contributed by atoms with Crippen molar-refractivity contribution in [3.05, 3.63) is 63.1 Å². The van der Waals surface area contributed by atoms with Gasteiger partial charge in [0.15, 0.2) is 6.10 Å². The summed E-state index contributed by atoms with van der Waals surface area (Å²) in [7, 11) is 1.47. The van der Waals surface area contributed by atoms with Crippen LogP contribution in [0.25, 0.3) is 0 Å². The molecule has 2 aromatic rings. The number of hydrogen-bond donors (Lipinski definition) is 4. The minimum atomic E-state index is -0.964. The Balaban J connectivity index is 2.26. The van der Waals surface area contributed by atoms with Crippen molar-refractivity contribution in [1.29, 1.82) is 0 Å². The molecule has 8 nitrogen and oxygen atoms in total. The fourth-order valence-corrected chi connectivity index (χ4v) is 4.63. The van der Waals surface area contributed by atoms with Crippen LogP contribution in [-0.4, -0.2) is 41.8 Å². The Hall–Kier alpha value is -2.05. The van der Waals surface area contributed by atoms with Gasteiger partial charge in [0.1, 0.15) is 5.75 Å². The lowest BCUT2D eigenvalue weighted by Crippen LogP contribution is -2.28. The predicted molar refractivity (Wildman–Crippen MR) is 134 cm³/mol. The van der Waals surface area contributed by atoms with E-state index in [1.165, 1.54) is 18.7 Å². The number of nitrogens with one attached hydrogen (secondary N) is 2. The first-order valence-electron chi connectivity index (χ1n) is 9.72. The molecule has 0 saturated heterocycles. The molecule has 0 aliphatic rings. The number of ether oxygens (including phenoxy) is 2. The molecule has 178 valence electrons. The highest BCUT2D eigenvalue weighted by Gasteiger charge is 2.30. The highest BCUT2D eigenvalue weighted by molar-refractivity contribution is 9.11. The molecule has 0 saturated carbocycles. The van der Waals surface area contributed by atoms with E-state index in [9.17, 15) is 14.7 Å². The first-order chi connectivity index (χ1) is 15.8. The lowest BCUT2D eigenvalue weighted by molar-refractivity contribution is -0.124. The van der Waals surface area contributed by atoms with Crippen molar-refractivity contribution in [1.82, 2.24) is 5.48 Å². The molecule has 0 unspecified atom stereocenters. The maximum Gasteiger partial charge on any atom is 0.412 e. The van der Waals surface area contributed by atoms with Crippen LogP contribution < -0.4 is 10.8 Å². The Morgan fingerprint density at radius 3 is 2.52 bits per heavy atom. The average molecular weight is 604 g/mol. The molecule has 4 N–H and O–H groups in total. The van der Waals surface area contributed by atoms with Crippen molar-refractivity contribution in [3.63, 3.8) is 0 Å². The molecular weight excluding hydrogens is 580 g/mol. The molecule has 0 bridgehead atoms. The highest BCUT2D eigenvalue weighted by Crippen LogP contribution is 2.39. The summed E-state index contributed by atoms with van der Waals surface area (Å²) in [6.07, 6.45) is 3.11. The van der Waals surface area contributed by atoms with Crippen LogP contribution in [0, 0.1) is 0 Å². The number of rotatable bonds is 10. The second kappa shape index (κ2) is 13.6. The molecule has 11 heteroatoms. The first kappa shape index (κ1) is 27.2. The molecule has 2 aromatic carbocycles. The molecule has 0 aliphatic heterocycles. The van der Waals surface area contributed by atoms with Gasteiger partial charge >= 0.3 is 6.09 Å². The summed E-state index contributed by atoms with van der Waals surface area (Å²) in [5, 5.41) is 21.9. The van der Waals surface area contributed by atoms with Gasteiger partial charge in [-0.15, -0.1) is 11.8 Å². The number of phenolic OH excluding ortho intramolecular Hbond substituents is 1. The van der Waals surface area contributed by atoms with E-state index in [-0.39, 0.29) is 5.75 Å². The van der Waals surface area contributed by atoms with E-state index in [0.717, 1.165) is 4.90 Å². The fraction of sp³-hybridized carbons (Fsp3) is 0.273. The second-order valence-electron chi connectivity index (χ2n) is 6.73. The van der Waals surface area contributed by atoms with Gasteiger partial charge in [-0.25, -0.2) is 10.3 Å². The molecule has 2 rings (SSSR count). The molecule has 0 heterocycles. The number of allylic oxidation sites excluding steroid dienone is 1. The minimum Gasteiger partial charge on any atom is -0.506 e. The van der Waals surface area contributed by atoms with Crippen LogP contribution in [0.15, 0.2) is 62.4 Å².